The van der Waals surface area contributed by atoms with Crippen LogP contribution in [-0.4, -0.2) is 18.9 Å². The summed E-state index contributed by atoms with van der Waals surface area (Å²) in [5.74, 6) is 0.0451. The number of hydrogen-bond donors (Lipinski definition) is 2. The summed E-state index contributed by atoms with van der Waals surface area (Å²) < 4.78 is 6.84. The van der Waals surface area contributed by atoms with Gasteiger partial charge in [0.25, 0.3) is 11.8 Å². The SMILES string of the molecule is CNC(=O)c1ccc(NC(=O)c2ccccc2OCc2cccc(Br)c2)cc1. The molecule has 0 spiro atoms. The van der Waals surface area contributed by atoms with E-state index in [0.29, 0.717) is 29.2 Å². The maximum atomic E-state index is 12.7. The van der Waals surface area contributed by atoms with Gasteiger partial charge in [-0.3, -0.25) is 9.59 Å². The van der Waals surface area contributed by atoms with Crippen LogP contribution in [0.25, 0.3) is 0 Å². The van der Waals surface area contributed by atoms with Gasteiger partial charge < -0.3 is 15.4 Å². The molecule has 3 rings (SSSR count). The molecule has 3 aromatic carbocycles. The second kappa shape index (κ2) is 9.19. The van der Waals surface area contributed by atoms with E-state index in [4.69, 9.17) is 4.74 Å². The number of ether oxygens (including phenoxy) is 1. The van der Waals surface area contributed by atoms with Crippen molar-refractivity contribution in [3.8, 4) is 5.75 Å². The molecular formula is C22H19BrN2O3. The van der Waals surface area contributed by atoms with Crippen LogP contribution in [0.2, 0.25) is 0 Å². The number of amides is 2. The third-order valence-electron chi connectivity index (χ3n) is 4.05. The molecule has 0 bridgehead atoms. The van der Waals surface area contributed by atoms with E-state index in [1.165, 1.54) is 0 Å². The summed E-state index contributed by atoms with van der Waals surface area (Å²) in [6, 6.07) is 21.6. The van der Waals surface area contributed by atoms with E-state index in [-0.39, 0.29) is 11.8 Å². The van der Waals surface area contributed by atoms with Gasteiger partial charge in [0.1, 0.15) is 12.4 Å². The van der Waals surface area contributed by atoms with E-state index in [2.05, 4.69) is 26.6 Å². The molecule has 0 unspecified atom stereocenters. The van der Waals surface area contributed by atoms with Crippen molar-refractivity contribution in [1.82, 2.24) is 5.32 Å². The van der Waals surface area contributed by atoms with Crippen molar-refractivity contribution < 1.29 is 14.3 Å². The van der Waals surface area contributed by atoms with Gasteiger partial charge in [0.15, 0.2) is 0 Å². The van der Waals surface area contributed by atoms with Gasteiger partial charge in [-0.15, -0.1) is 0 Å². The van der Waals surface area contributed by atoms with Crippen LogP contribution in [0.15, 0.2) is 77.3 Å². The number of halogens is 1. The fourth-order valence-electron chi connectivity index (χ4n) is 2.62. The summed E-state index contributed by atoms with van der Waals surface area (Å²) in [5.41, 5.74) is 2.56. The molecule has 0 aliphatic carbocycles. The average Bonchev–Trinajstić information content (AvgIpc) is 2.72. The number of carbonyl (C=O) groups excluding carboxylic acids is 2. The Labute approximate surface area is 171 Å². The van der Waals surface area contributed by atoms with Gasteiger partial charge in [-0.2, -0.15) is 0 Å². The molecule has 0 saturated heterocycles. The highest BCUT2D eigenvalue weighted by Gasteiger charge is 2.13. The molecule has 3 aromatic rings. The predicted molar refractivity (Wildman–Crippen MR) is 113 cm³/mol. The van der Waals surface area contributed by atoms with Crippen LogP contribution in [0.4, 0.5) is 5.69 Å². The summed E-state index contributed by atoms with van der Waals surface area (Å²) in [4.78, 5) is 24.3. The van der Waals surface area contributed by atoms with Crippen LogP contribution in [0.5, 0.6) is 5.75 Å². The Morgan fingerprint density at radius 2 is 1.68 bits per heavy atom. The molecule has 0 heterocycles. The first-order chi connectivity index (χ1) is 13.6. The van der Waals surface area contributed by atoms with Crippen LogP contribution in [0.1, 0.15) is 26.3 Å². The number of carbonyl (C=O) groups is 2. The highest BCUT2D eigenvalue weighted by atomic mass is 79.9. The molecule has 0 aliphatic heterocycles. The molecule has 0 aliphatic rings. The Morgan fingerprint density at radius 1 is 0.929 bits per heavy atom. The second-order valence-corrected chi connectivity index (χ2v) is 6.94. The summed E-state index contributed by atoms with van der Waals surface area (Å²) in [5, 5.41) is 5.39. The van der Waals surface area contributed by atoms with E-state index >= 15 is 0 Å². The number of para-hydroxylation sites is 1. The topological polar surface area (TPSA) is 67.4 Å². The second-order valence-electron chi connectivity index (χ2n) is 6.03. The van der Waals surface area contributed by atoms with Crippen LogP contribution in [-0.2, 0) is 6.61 Å². The van der Waals surface area contributed by atoms with Crippen molar-refractivity contribution in [3.63, 3.8) is 0 Å². The minimum absolute atomic E-state index is 0.177. The lowest BCUT2D eigenvalue weighted by Crippen LogP contribution is -2.18. The fourth-order valence-corrected chi connectivity index (χ4v) is 3.06. The van der Waals surface area contributed by atoms with Gasteiger partial charge in [0.2, 0.25) is 0 Å². The van der Waals surface area contributed by atoms with E-state index in [9.17, 15) is 9.59 Å². The van der Waals surface area contributed by atoms with E-state index in [1.54, 1.807) is 49.5 Å². The molecule has 2 amide bonds. The minimum Gasteiger partial charge on any atom is -0.488 e. The van der Waals surface area contributed by atoms with Crippen molar-refractivity contribution in [2.75, 3.05) is 12.4 Å². The van der Waals surface area contributed by atoms with Crippen LogP contribution in [0, 0.1) is 0 Å². The Kier molecular flexibility index (Phi) is 6.45. The van der Waals surface area contributed by atoms with E-state index < -0.39 is 0 Å². The minimum atomic E-state index is -0.280. The zero-order chi connectivity index (χ0) is 19.9. The first-order valence-electron chi connectivity index (χ1n) is 8.66. The highest BCUT2D eigenvalue weighted by molar-refractivity contribution is 9.10. The van der Waals surface area contributed by atoms with Crippen LogP contribution >= 0.6 is 15.9 Å². The zero-order valence-electron chi connectivity index (χ0n) is 15.2. The third-order valence-corrected chi connectivity index (χ3v) is 4.54. The summed E-state index contributed by atoms with van der Waals surface area (Å²) >= 11 is 3.44. The van der Waals surface area contributed by atoms with Gasteiger partial charge in [0, 0.05) is 22.8 Å². The van der Waals surface area contributed by atoms with Crippen molar-refractivity contribution in [2.24, 2.45) is 0 Å². The van der Waals surface area contributed by atoms with Crippen molar-refractivity contribution in [3.05, 3.63) is 94.0 Å². The third kappa shape index (κ3) is 4.98. The van der Waals surface area contributed by atoms with Gasteiger partial charge in [0.05, 0.1) is 5.56 Å². The molecule has 28 heavy (non-hydrogen) atoms. The zero-order valence-corrected chi connectivity index (χ0v) is 16.8. The molecule has 0 saturated carbocycles. The molecule has 6 heteroatoms. The van der Waals surface area contributed by atoms with E-state index in [0.717, 1.165) is 10.0 Å². The number of hydrogen-bond acceptors (Lipinski definition) is 3. The molecule has 142 valence electrons. The van der Waals surface area contributed by atoms with Crippen molar-refractivity contribution in [2.45, 2.75) is 6.61 Å². The lowest BCUT2D eigenvalue weighted by Gasteiger charge is -2.12. The first kappa shape index (κ1) is 19.6. The lowest BCUT2D eigenvalue weighted by molar-refractivity contribution is 0.0962. The molecule has 0 atom stereocenters. The number of rotatable bonds is 6. The summed E-state index contributed by atoms with van der Waals surface area (Å²) in [6.45, 7) is 0.352. The van der Waals surface area contributed by atoms with Crippen molar-refractivity contribution >= 4 is 33.4 Å². The smallest absolute Gasteiger partial charge is 0.259 e. The maximum absolute atomic E-state index is 12.7. The van der Waals surface area contributed by atoms with Gasteiger partial charge in [-0.25, -0.2) is 0 Å². The normalized spacial score (nSPS) is 10.2. The molecule has 0 fully saturated rings. The molecular weight excluding hydrogens is 420 g/mol. The Hall–Kier alpha value is -3.12. The number of anilines is 1. The lowest BCUT2D eigenvalue weighted by atomic mass is 10.1. The van der Waals surface area contributed by atoms with Gasteiger partial charge in [-0.1, -0.05) is 40.2 Å². The standard InChI is InChI=1S/C22H19BrN2O3/c1-24-21(26)16-9-11-18(12-10-16)25-22(27)19-7-2-3-8-20(19)28-14-15-5-4-6-17(23)13-15/h2-13H,14H2,1H3,(H,24,26)(H,25,27). The Morgan fingerprint density at radius 3 is 2.39 bits per heavy atom. The summed E-state index contributed by atoms with van der Waals surface area (Å²) in [6.07, 6.45) is 0. The highest BCUT2D eigenvalue weighted by Crippen LogP contribution is 2.22. The molecule has 5 nitrogen and oxygen atoms in total. The average molecular weight is 439 g/mol. The number of benzene rings is 3. The monoisotopic (exact) mass is 438 g/mol. The molecule has 0 radical (unpaired) electrons. The quantitative estimate of drug-likeness (QED) is 0.588. The number of nitrogens with one attached hydrogen (secondary N) is 2. The largest absolute Gasteiger partial charge is 0.488 e. The fraction of sp³-hybridized carbons (Fsp3) is 0.0909. The molecule has 0 aromatic heterocycles. The first-order valence-corrected chi connectivity index (χ1v) is 9.46. The molecule has 2 N–H and O–H groups in total. The van der Waals surface area contributed by atoms with Crippen LogP contribution < -0.4 is 15.4 Å². The maximum Gasteiger partial charge on any atom is 0.259 e. The van der Waals surface area contributed by atoms with Crippen molar-refractivity contribution in [1.29, 1.82) is 0 Å². The van der Waals surface area contributed by atoms with Crippen LogP contribution in [0.3, 0.4) is 0 Å². The Balaban J connectivity index is 1.71. The predicted octanol–water partition coefficient (Wildman–Crippen LogP) is 4.64. The van der Waals surface area contributed by atoms with Gasteiger partial charge >= 0.3 is 0 Å². The summed E-state index contributed by atoms with van der Waals surface area (Å²) in [7, 11) is 1.57. The Bertz CT molecular complexity index is 987. The van der Waals surface area contributed by atoms with Gasteiger partial charge in [-0.05, 0) is 54.1 Å². The van der Waals surface area contributed by atoms with E-state index in [1.807, 2.05) is 30.3 Å².